The fraction of sp³-hybridized carbons (Fsp3) is 0.294. The van der Waals surface area contributed by atoms with Crippen LogP contribution in [0.2, 0.25) is 0 Å². The highest BCUT2D eigenvalue weighted by Crippen LogP contribution is 2.33. The molecule has 0 aliphatic carbocycles. The van der Waals surface area contributed by atoms with Gasteiger partial charge >= 0.3 is 0 Å². The van der Waals surface area contributed by atoms with Crippen molar-refractivity contribution in [3.63, 3.8) is 0 Å². The van der Waals surface area contributed by atoms with Gasteiger partial charge in [-0.15, -0.1) is 0 Å². The van der Waals surface area contributed by atoms with Gasteiger partial charge in [-0.1, -0.05) is 32.0 Å². The van der Waals surface area contributed by atoms with E-state index in [4.69, 9.17) is 10.5 Å². The minimum atomic E-state index is -0.711. The first-order valence-corrected chi connectivity index (χ1v) is 6.97. The van der Waals surface area contributed by atoms with Crippen LogP contribution in [0.5, 0.6) is 11.5 Å². The Bertz CT molecular complexity index is 603. The van der Waals surface area contributed by atoms with Crippen LogP contribution in [0.15, 0.2) is 36.4 Å². The molecule has 112 valence electrons. The van der Waals surface area contributed by atoms with Gasteiger partial charge in [-0.3, -0.25) is 0 Å². The number of hydrogen-bond donors (Lipinski definition) is 1. The molecule has 0 spiro atoms. The van der Waals surface area contributed by atoms with Gasteiger partial charge in [0.1, 0.15) is 5.75 Å². The Morgan fingerprint density at radius 3 is 2.29 bits per heavy atom. The van der Waals surface area contributed by atoms with E-state index >= 15 is 0 Å². The van der Waals surface area contributed by atoms with E-state index in [-0.39, 0.29) is 11.7 Å². The van der Waals surface area contributed by atoms with Crippen LogP contribution in [0.25, 0.3) is 0 Å². The maximum atomic E-state index is 14.0. The van der Waals surface area contributed by atoms with Crippen LogP contribution in [0.4, 0.5) is 8.78 Å². The number of benzene rings is 2. The third-order valence-corrected chi connectivity index (χ3v) is 3.24. The van der Waals surface area contributed by atoms with E-state index in [0.29, 0.717) is 24.3 Å². The molecule has 21 heavy (non-hydrogen) atoms. The molecule has 2 aromatic carbocycles. The Labute approximate surface area is 123 Å². The lowest BCUT2D eigenvalue weighted by Crippen LogP contribution is -2.04. The lowest BCUT2D eigenvalue weighted by Gasteiger charge is -2.15. The molecule has 2 aromatic rings. The molecule has 0 unspecified atom stereocenters. The summed E-state index contributed by atoms with van der Waals surface area (Å²) < 4.78 is 33.6. The van der Waals surface area contributed by atoms with Crippen LogP contribution in [0, 0.1) is 11.6 Å². The van der Waals surface area contributed by atoms with Crippen molar-refractivity contribution in [2.24, 2.45) is 5.73 Å². The van der Waals surface area contributed by atoms with Crippen molar-refractivity contribution in [1.29, 1.82) is 0 Å². The van der Waals surface area contributed by atoms with Crippen molar-refractivity contribution in [2.75, 3.05) is 6.54 Å². The Kier molecular flexibility index (Phi) is 4.91. The standard InChI is InChI=1S/C17H19F2NO/c1-11(2)13-5-3-4-6-16(13)21-17-14(18)9-12(7-8-20)10-15(17)19/h3-6,9-11H,7-8,20H2,1-2H3. The predicted molar refractivity (Wildman–Crippen MR) is 79.7 cm³/mol. The molecule has 0 aliphatic rings. The monoisotopic (exact) mass is 291 g/mol. The zero-order valence-electron chi connectivity index (χ0n) is 12.2. The first-order valence-electron chi connectivity index (χ1n) is 6.97. The number of ether oxygens (including phenoxy) is 1. The van der Waals surface area contributed by atoms with Crippen LogP contribution >= 0.6 is 0 Å². The van der Waals surface area contributed by atoms with Crippen molar-refractivity contribution in [1.82, 2.24) is 0 Å². The average Bonchev–Trinajstić information content (AvgIpc) is 2.43. The summed E-state index contributed by atoms with van der Waals surface area (Å²) in [5.74, 6) is -1.13. The van der Waals surface area contributed by atoms with Crippen molar-refractivity contribution in [3.8, 4) is 11.5 Å². The van der Waals surface area contributed by atoms with Crippen molar-refractivity contribution >= 4 is 0 Å². The maximum Gasteiger partial charge on any atom is 0.198 e. The average molecular weight is 291 g/mol. The number of nitrogens with two attached hydrogens (primary N) is 1. The molecule has 0 bridgehead atoms. The van der Waals surface area contributed by atoms with Crippen LogP contribution in [-0.2, 0) is 6.42 Å². The van der Waals surface area contributed by atoms with Crippen molar-refractivity contribution in [3.05, 3.63) is 59.2 Å². The molecule has 4 heteroatoms. The minimum absolute atomic E-state index is 0.198. The highest BCUT2D eigenvalue weighted by atomic mass is 19.1. The van der Waals surface area contributed by atoms with E-state index in [0.717, 1.165) is 5.56 Å². The number of rotatable bonds is 5. The topological polar surface area (TPSA) is 35.2 Å². The van der Waals surface area contributed by atoms with Gasteiger partial charge in [0.2, 0.25) is 0 Å². The third-order valence-electron chi connectivity index (χ3n) is 3.24. The molecular weight excluding hydrogens is 272 g/mol. The Morgan fingerprint density at radius 2 is 1.71 bits per heavy atom. The largest absolute Gasteiger partial charge is 0.451 e. The van der Waals surface area contributed by atoms with Gasteiger partial charge in [0.05, 0.1) is 0 Å². The summed E-state index contributed by atoms with van der Waals surface area (Å²) in [5, 5.41) is 0. The third kappa shape index (κ3) is 3.58. The Morgan fingerprint density at radius 1 is 1.10 bits per heavy atom. The van der Waals surface area contributed by atoms with Crippen LogP contribution in [-0.4, -0.2) is 6.54 Å². The fourth-order valence-electron chi connectivity index (χ4n) is 2.18. The predicted octanol–water partition coefficient (Wildman–Crippen LogP) is 4.38. The molecule has 0 atom stereocenters. The summed E-state index contributed by atoms with van der Waals surface area (Å²) in [4.78, 5) is 0. The van der Waals surface area contributed by atoms with Crippen LogP contribution < -0.4 is 10.5 Å². The summed E-state index contributed by atoms with van der Waals surface area (Å²) in [5.41, 5.74) is 6.83. The minimum Gasteiger partial charge on any atom is -0.451 e. The lowest BCUT2D eigenvalue weighted by atomic mass is 10.0. The zero-order valence-corrected chi connectivity index (χ0v) is 12.2. The number of para-hydroxylation sites is 1. The van der Waals surface area contributed by atoms with Gasteiger partial charge in [0.25, 0.3) is 0 Å². The Balaban J connectivity index is 2.36. The first kappa shape index (κ1) is 15.4. The second-order valence-electron chi connectivity index (χ2n) is 5.22. The van der Waals surface area contributed by atoms with E-state index in [1.165, 1.54) is 12.1 Å². The van der Waals surface area contributed by atoms with E-state index in [2.05, 4.69) is 0 Å². The van der Waals surface area contributed by atoms with Crippen LogP contribution in [0.3, 0.4) is 0 Å². The summed E-state index contributed by atoms with van der Waals surface area (Å²) in [7, 11) is 0. The Hall–Kier alpha value is -1.94. The number of halogens is 2. The maximum absolute atomic E-state index is 14.0. The second kappa shape index (κ2) is 6.68. The molecule has 0 saturated heterocycles. The SMILES string of the molecule is CC(C)c1ccccc1Oc1c(F)cc(CCN)cc1F. The molecule has 0 saturated carbocycles. The molecule has 2 nitrogen and oxygen atoms in total. The van der Waals surface area contributed by atoms with Gasteiger partial charge in [-0.2, -0.15) is 0 Å². The van der Waals surface area contributed by atoms with E-state index in [9.17, 15) is 8.78 Å². The normalized spacial score (nSPS) is 11.0. The van der Waals surface area contributed by atoms with E-state index in [1.807, 2.05) is 26.0 Å². The van der Waals surface area contributed by atoms with Gasteiger partial charge in [-0.25, -0.2) is 8.78 Å². The van der Waals surface area contributed by atoms with Crippen molar-refractivity contribution in [2.45, 2.75) is 26.2 Å². The van der Waals surface area contributed by atoms with Crippen molar-refractivity contribution < 1.29 is 13.5 Å². The zero-order chi connectivity index (χ0) is 15.4. The summed E-state index contributed by atoms with van der Waals surface area (Å²) in [6.07, 6.45) is 0.427. The molecule has 0 heterocycles. The molecule has 2 rings (SSSR count). The van der Waals surface area contributed by atoms with Gasteiger partial charge in [-0.05, 0) is 48.2 Å². The molecule has 0 fully saturated rings. The fourth-order valence-corrected chi connectivity index (χ4v) is 2.18. The summed E-state index contributed by atoms with van der Waals surface area (Å²) in [6.45, 7) is 4.34. The first-order chi connectivity index (χ1) is 10.0. The molecule has 0 aromatic heterocycles. The smallest absolute Gasteiger partial charge is 0.198 e. The van der Waals surface area contributed by atoms with E-state index < -0.39 is 11.6 Å². The molecule has 0 amide bonds. The van der Waals surface area contributed by atoms with Gasteiger partial charge < -0.3 is 10.5 Å². The van der Waals surface area contributed by atoms with Gasteiger partial charge in [0.15, 0.2) is 17.4 Å². The summed E-state index contributed by atoms with van der Waals surface area (Å²) in [6, 6.07) is 9.78. The molecule has 0 radical (unpaired) electrons. The lowest BCUT2D eigenvalue weighted by molar-refractivity contribution is 0.401. The molecule has 2 N–H and O–H groups in total. The van der Waals surface area contributed by atoms with Crippen LogP contribution in [0.1, 0.15) is 30.9 Å². The van der Waals surface area contributed by atoms with E-state index in [1.54, 1.807) is 12.1 Å². The number of hydrogen-bond acceptors (Lipinski definition) is 2. The highest BCUT2D eigenvalue weighted by molar-refractivity contribution is 5.41. The molecular formula is C17H19F2NO. The molecule has 0 aliphatic heterocycles. The summed E-state index contributed by atoms with van der Waals surface area (Å²) >= 11 is 0. The quantitative estimate of drug-likeness (QED) is 0.887. The highest BCUT2D eigenvalue weighted by Gasteiger charge is 2.16. The van der Waals surface area contributed by atoms with Gasteiger partial charge in [0, 0.05) is 0 Å². The second-order valence-corrected chi connectivity index (χ2v) is 5.22.